The minimum Gasteiger partial charge on any atom is -0.507 e. The summed E-state index contributed by atoms with van der Waals surface area (Å²) in [6.45, 7) is 0.236. The number of rotatable bonds is 7. The Hall–Kier alpha value is -4.13. The highest BCUT2D eigenvalue weighted by molar-refractivity contribution is 6.46. The van der Waals surface area contributed by atoms with Gasteiger partial charge in [0.2, 0.25) is 0 Å². The third-order valence-electron chi connectivity index (χ3n) is 5.86. The summed E-state index contributed by atoms with van der Waals surface area (Å²) >= 11 is 0. The number of benzene rings is 3. The summed E-state index contributed by atoms with van der Waals surface area (Å²) in [5.41, 5.74) is 1.83. The van der Waals surface area contributed by atoms with Crippen LogP contribution in [-0.4, -0.2) is 42.5 Å². The molecule has 1 atom stereocenters. The van der Waals surface area contributed by atoms with E-state index >= 15 is 0 Å². The molecule has 0 radical (unpaired) electrons. The standard InChI is InChI=1S/C27H24FNO5/c1-33-21-13-8-17(16-22(21)34-2)14-15-29-24(18-6-4-3-5-7-18)23(26(31)27(29)32)25(30)19-9-11-20(28)12-10-19/h3-13,16,24,30H,14-15H2,1-2H3/b25-23-. The highest BCUT2D eigenvalue weighted by atomic mass is 19.1. The maximum absolute atomic E-state index is 13.4. The van der Waals surface area contributed by atoms with Crippen molar-refractivity contribution in [3.63, 3.8) is 0 Å². The van der Waals surface area contributed by atoms with Gasteiger partial charge >= 0.3 is 0 Å². The van der Waals surface area contributed by atoms with Crippen LogP contribution in [0.15, 0.2) is 78.4 Å². The normalized spacial score (nSPS) is 17.1. The predicted octanol–water partition coefficient (Wildman–Crippen LogP) is 4.51. The number of likely N-dealkylation sites (tertiary alicyclic amines) is 1. The Kier molecular flexibility index (Phi) is 6.63. The molecule has 6 nitrogen and oxygen atoms in total. The number of ketones is 1. The minimum absolute atomic E-state index is 0.0184. The number of aliphatic hydroxyl groups excluding tert-OH is 1. The smallest absolute Gasteiger partial charge is 0.295 e. The first-order valence-electron chi connectivity index (χ1n) is 10.7. The number of aliphatic hydroxyl groups is 1. The number of carbonyl (C=O) groups excluding carboxylic acids is 2. The summed E-state index contributed by atoms with van der Waals surface area (Å²) in [4.78, 5) is 27.6. The maximum Gasteiger partial charge on any atom is 0.295 e. The van der Waals surface area contributed by atoms with E-state index in [1.54, 1.807) is 32.4 Å². The van der Waals surface area contributed by atoms with E-state index in [0.717, 1.165) is 5.56 Å². The molecule has 1 heterocycles. The van der Waals surface area contributed by atoms with Gasteiger partial charge in [0.05, 0.1) is 25.8 Å². The summed E-state index contributed by atoms with van der Waals surface area (Å²) in [6, 6.07) is 18.9. The van der Waals surface area contributed by atoms with Crippen molar-refractivity contribution in [2.24, 2.45) is 0 Å². The molecule has 1 N–H and O–H groups in total. The zero-order valence-corrected chi connectivity index (χ0v) is 18.8. The first-order valence-corrected chi connectivity index (χ1v) is 10.7. The van der Waals surface area contributed by atoms with Gasteiger partial charge in [0, 0.05) is 12.1 Å². The second kappa shape index (κ2) is 9.79. The number of Topliss-reactive ketones (excluding diaryl/α,β-unsaturated/α-hetero) is 1. The molecule has 0 saturated carbocycles. The molecule has 3 aromatic rings. The van der Waals surface area contributed by atoms with Crippen LogP contribution in [-0.2, 0) is 16.0 Å². The molecule has 1 unspecified atom stereocenters. The highest BCUT2D eigenvalue weighted by Crippen LogP contribution is 2.39. The van der Waals surface area contributed by atoms with Crippen LogP contribution in [0.3, 0.4) is 0 Å². The van der Waals surface area contributed by atoms with Crippen molar-refractivity contribution in [1.29, 1.82) is 0 Å². The lowest BCUT2D eigenvalue weighted by Crippen LogP contribution is -2.31. The maximum atomic E-state index is 13.4. The van der Waals surface area contributed by atoms with Crippen molar-refractivity contribution < 1.29 is 28.6 Å². The second-order valence-electron chi connectivity index (χ2n) is 7.85. The third kappa shape index (κ3) is 4.37. The lowest BCUT2D eigenvalue weighted by molar-refractivity contribution is -0.139. The van der Waals surface area contributed by atoms with Gasteiger partial charge in [-0.3, -0.25) is 9.59 Å². The lowest BCUT2D eigenvalue weighted by Gasteiger charge is -2.25. The van der Waals surface area contributed by atoms with Crippen molar-refractivity contribution in [3.8, 4) is 11.5 Å². The van der Waals surface area contributed by atoms with E-state index in [1.807, 2.05) is 30.3 Å². The summed E-state index contributed by atoms with van der Waals surface area (Å²) in [5, 5.41) is 11.0. The van der Waals surface area contributed by atoms with Crippen molar-refractivity contribution in [3.05, 3.63) is 101 Å². The molecular formula is C27H24FNO5. The van der Waals surface area contributed by atoms with E-state index in [0.29, 0.717) is 23.5 Å². The Bertz CT molecular complexity index is 1240. The molecule has 3 aromatic carbocycles. The van der Waals surface area contributed by atoms with Gasteiger partial charge in [-0.25, -0.2) is 4.39 Å². The van der Waals surface area contributed by atoms with Crippen molar-refractivity contribution in [1.82, 2.24) is 4.90 Å². The average Bonchev–Trinajstić information content (AvgIpc) is 3.12. The van der Waals surface area contributed by atoms with E-state index < -0.39 is 23.5 Å². The molecule has 0 aliphatic carbocycles. The summed E-state index contributed by atoms with van der Waals surface area (Å²) in [6.07, 6.45) is 0.452. The number of hydrogen-bond acceptors (Lipinski definition) is 5. The van der Waals surface area contributed by atoms with Crippen LogP contribution in [0.2, 0.25) is 0 Å². The quantitative estimate of drug-likeness (QED) is 0.318. The number of nitrogens with zero attached hydrogens (tertiary/aromatic N) is 1. The first-order chi connectivity index (χ1) is 16.4. The van der Waals surface area contributed by atoms with E-state index in [9.17, 15) is 19.1 Å². The Morgan fingerprint density at radius 2 is 1.62 bits per heavy atom. The number of carbonyl (C=O) groups is 2. The molecule has 0 bridgehead atoms. The molecule has 1 fully saturated rings. The Labute approximate surface area is 196 Å². The van der Waals surface area contributed by atoms with Gasteiger partial charge in [0.1, 0.15) is 11.6 Å². The van der Waals surface area contributed by atoms with Crippen molar-refractivity contribution >= 4 is 17.4 Å². The fourth-order valence-corrected chi connectivity index (χ4v) is 4.14. The second-order valence-corrected chi connectivity index (χ2v) is 7.85. The molecule has 0 spiro atoms. The van der Waals surface area contributed by atoms with Crippen LogP contribution in [0.5, 0.6) is 11.5 Å². The monoisotopic (exact) mass is 461 g/mol. The summed E-state index contributed by atoms with van der Waals surface area (Å²) in [5.74, 6) is -1.11. The molecule has 34 heavy (non-hydrogen) atoms. The topological polar surface area (TPSA) is 76.1 Å². The third-order valence-corrected chi connectivity index (χ3v) is 5.86. The van der Waals surface area contributed by atoms with E-state index in [2.05, 4.69) is 0 Å². The van der Waals surface area contributed by atoms with Crippen LogP contribution >= 0.6 is 0 Å². The lowest BCUT2D eigenvalue weighted by atomic mass is 9.95. The summed E-state index contributed by atoms with van der Waals surface area (Å²) < 4.78 is 24.0. The fraction of sp³-hybridized carbons (Fsp3) is 0.185. The van der Waals surface area contributed by atoms with Gasteiger partial charge in [0.15, 0.2) is 11.5 Å². The Balaban J connectivity index is 1.72. The van der Waals surface area contributed by atoms with Crippen molar-refractivity contribution in [2.45, 2.75) is 12.5 Å². The molecular weight excluding hydrogens is 437 g/mol. The van der Waals surface area contributed by atoms with Gasteiger partial charge in [-0.05, 0) is 53.9 Å². The molecule has 4 rings (SSSR count). The van der Waals surface area contributed by atoms with E-state index in [1.165, 1.54) is 29.2 Å². The zero-order valence-electron chi connectivity index (χ0n) is 18.8. The minimum atomic E-state index is -0.775. The number of methoxy groups -OCH3 is 2. The molecule has 7 heteroatoms. The molecule has 0 aromatic heterocycles. The largest absolute Gasteiger partial charge is 0.507 e. The van der Waals surface area contributed by atoms with Crippen LogP contribution in [0, 0.1) is 5.82 Å². The zero-order chi connectivity index (χ0) is 24.2. The summed E-state index contributed by atoms with van der Waals surface area (Å²) in [7, 11) is 3.10. The van der Waals surface area contributed by atoms with Gasteiger partial charge < -0.3 is 19.5 Å². The average molecular weight is 461 g/mol. The van der Waals surface area contributed by atoms with E-state index in [4.69, 9.17) is 9.47 Å². The first kappa shape index (κ1) is 23.0. The molecule has 1 aliphatic heterocycles. The van der Waals surface area contributed by atoms with Crippen LogP contribution < -0.4 is 9.47 Å². The number of halogens is 1. The number of hydrogen-bond donors (Lipinski definition) is 1. The number of ether oxygens (including phenoxy) is 2. The van der Waals surface area contributed by atoms with Gasteiger partial charge in [-0.15, -0.1) is 0 Å². The van der Waals surface area contributed by atoms with Gasteiger partial charge in [-0.1, -0.05) is 36.4 Å². The molecule has 1 saturated heterocycles. The van der Waals surface area contributed by atoms with Crippen LogP contribution in [0.25, 0.3) is 5.76 Å². The fourth-order valence-electron chi connectivity index (χ4n) is 4.14. The van der Waals surface area contributed by atoms with Crippen LogP contribution in [0.1, 0.15) is 22.7 Å². The molecule has 1 aliphatic rings. The van der Waals surface area contributed by atoms with Gasteiger partial charge in [-0.2, -0.15) is 0 Å². The predicted molar refractivity (Wildman–Crippen MR) is 125 cm³/mol. The van der Waals surface area contributed by atoms with Crippen LogP contribution in [0.4, 0.5) is 4.39 Å². The number of amides is 1. The SMILES string of the molecule is COc1ccc(CCN2C(=O)C(=O)/C(=C(\O)c3ccc(F)cc3)C2c2ccccc2)cc1OC. The molecule has 174 valence electrons. The molecule has 1 amide bonds. The van der Waals surface area contributed by atoms with E-state index in [-0.39, 0.29) is 23.4 Å². The van der Waals surface area contributed by atoms with Crippen molar-refractivity contribution in [2.75, 3.05) is 20.8 Å². The Morgan fingerprint density at radius 3 is 2.26 bits per heavy atom. The van der Waals surface area contributed by atoms with Gasteiger partial charge in [0.25, 0.3) is 11.7 Å². The highest BCUT2D eigenvalue weighted by Gasteiger charge is 2.45. The Morgan fingerprint density at radius 1 is 0.941 bits per heavy atom.